The van der Waals surface area contributed by atoms with Crippen molar-refractivity contribution in [3.05, 3.63) is 63.0 Å². The molecule has 2 aromatic rings. The highest BCUT2D eigenvalue weighted by molar-refractivity contribution is 6.30. The number of piperidine rings is 1. The van der Waals surface area contributed by atoms with Crippen LogP contribution in [0.15, 0.2) is 41.3 Å². The minimum absolute atomic E-state index is 0.0173. The van der Waals surface area contributed by atoms with Crippen LogP contribution < -0.4 is 10.5 Å². The first-order valence-electron chi connectivity index (χ1n) is 10.4. The third kappa shape index (κ3) is 4.69. The zero-order chi connectivity index (χ0) is 21.6. The van der Waals surface area contributed by atoms with Crippen molar-refractivity contribution in [2.75, 3.05) is 31.3 Å². The highest BCUT2D eigenvalue weighted by Crippen LogP contribution is 2.39. The molecule has 1 aliphatic rings. The molecule has 0 atom stereocenters. The summed E-state index contributed by atoms with van der Waals surface area (Å²) in [6.45, 7) is 3.32. The number of hydrogen-bond donors (Lipinski definition) is 0. The number of rotatable bonds is 8. The molecule has 0 N–H and O–H groups in total. The van der Waals surface area contributed by atoms with Gasteiger partial charge >= 0.3 is 0 Å². The fourth-order valence-electron chi connectivity index (χ4n) is 4.07. The Hall–Kier alpha value is -2.36. The van der Waals surface area contributed by atoms with Gasteiger partial charge in [0, 0.05) is 30.9 Å². The highest BCUT2D eigenvalue weighted by atomic mass is 35.5. The lowest BCUT2D eigenvalue weighted by molar-refractivity contribution is -0.0715. The Morgan fingerprint density at radius 3 is 2.70 bits per heavy atom. The van der Waals surface area contributed by atoms with E-state index >= 15 is 0 Å². The molecule has 0 radical (unpaired) electrons. The SMILES string of the molecule is CCCCn1ccc(N2CCC(OCCF)(c3cccc(Cl)c3)CC2)c(C#N)c1=O. The summed E-state index contributed by atoms with van der Waals surface area (Å²) in [6, 6.07) is 11.4. The molecule has 160 valence electrons. The van der Waals surface area contributed by atoms with E-state index in [2.05, 4.69) is 13.0 Å². The first-order valence-corrected chi connectivity index (χ1v) is 10.8. The molecule has 1 aromatic heterocycles. The van der Waals surface area contributed by atoms with Crippen LogP contribution in [-0.2, 0) is 16.9 Å². The number of ether oxygens (including phenoxy) is 1. The first-order chi connectivity index (χ1) is 14.5. The Morgan fingerprint density at radius 2 is 2.07 bits per heavy atom. The van der Waals surface area contributed by atoms with E-state index in [4.69, 9.17) is 16.3 Å². The molecule has 0 unspecified atom stereocenters. The summed E-state index contributed by atoms with van der Waals surface area (Å²) in [4.78, 5) is 14.8. The minimum Gasteiger partial charge on any atom is -0.370 e. The fraction of sp³-hybridized carbons (Fsp3) is 0.478. The average molecular weight is 432 g/mol. The topological polar surface area (TPSA) is 58.3 Å². The molecule has 0 spiro atoms. The second-order valence-electron chi connectivity index (χ2n) is 7.57. The molecular formula is C23H27ClFN3O2. The fourth-order valence-corrected chi connectivity index (χ4v) is 4.26. The molecule has 1 aromatic carbocycles. The number of aromatic nitrogens is 1. The van der Waals surface area contributed by atoms with Crippen molar-refractivity contribution in [1.29, 1.82) is 5.26 Å². The van der Waals surface area contributed by atoms with Crippen LogP contribution in [0.4, 0.5) is 10.1 Å². The van der Waals surface area contributed by atoms with Crippen molar-refractivity contribution < 1.29 is 9.13 Å². The summed E-state index contributed by atoms with van der Waals surface area (Å²) in [7, 11) is 0. The van der Waals surface area contributed by atoms with E-state index in [0.717, 1.165) is 18.4 Å². The predicted octanol–water partition coefficient (Wildman–Crippen LogP) is 4.66. The lowest BCUT2D eigenvalue weighted by Crippen LogP contribution is -2.45. The van der Waals surface area contributed by atoms with Crippen LogP contribution in [0.25, 0.3) is 0 Å². The van der Waals surface area contributed by atoms with Gasteiger partial charge in [-0.3, -0.25) is 4.79 Å². The van der Waals surface area contributed by atoms with E-state index in [1.807, 2.05) is 29.2 Å². The molecule has 3 rings (SSSR count). The Morgan fingerprint density at radius 1 is 1.30 bits per heavy atom. The normalized spacial score (nSPS) is 15.7. The number of nitriles is 1. The molecule has 1 aliphatic heterocycles. The summed E-state index contributed by atoms with van der Waals surface area (Å²) < 4.78 is 20.5. The van der Waals surface area contributed by atoms with Gasteiger partial charge in [0.05, 0.1) is 17.9 Å². The first kappa shape index (κ1) is 22.3. The van der Waals surface area contributed by atoms with Gasteiger partial charge in [0.1, 0.15) is 18.3 Å². The number of pyridine rings is 1. The quantitative estimate of drug-likeness (QED) is 0.610. The molecule has 2 heterocycles. The summed E-state index contributed by atoms with van der Waals surface area (Å²) in [5.41, 5.74) is 0.882. The Bertz CT molecular complexity index is 962. The van der Waals surface area contributed by atoms with E-state index < -0.39 is 12.3 Å². The van der Waals surface area contributed by atoms with E-state index in [0.29, 0.717) is 43.2 Å². The van der Waals surface area contributed by atoms with Gasteiger partial charge in [-0.1, -0.05) is 37.1 Å². The molecule has 0 amide bonds. The minimum atomic E-state index is -0.629. The van der Waals surface area contributed by atoms with Crippen molar-refractivity contribution >= 4 is 17.3 Å². The number of nitrogens with zero attached hydrogens (tertiary/aromatic N) is 3. The van der Waals surface area contributed by atoms with E-state index in [1.165, 1.54) is 0 Å². The van der Waals surface area contributed by atoms with Crippen LogP contribution in [0.2, 0.25) is 5.02 Å². The van der Waals surface area contributed by atoms with Crippen LogP contribution in [0.5, 0.6) is 0 Å². The Kier molecular flexibility index (Phi) is 7.52. The van der Waals surface area contributed by atoms with Gasteiger partial charge in [0.2, 0.25) is 0 Å². The van der Waals surface area contributed by atoms with Gasteiger partial charge in [-0.15, -0.1) is 0 Å². The molecule has 0 bridgehead atoms. The van der Waals surface area contributed by atoms with Crippen LogP contribution in [0.1, 0.15) is 43.7 Å². The zero-order valence-electron chi connectivity index (χ0n) is 17.2. The summed E-state index contributed by atoms with van der Waals surface area (Å²) in [6.07, 6.45) is 4.86. The highest BCUT2D eigenvalue weighted by Gasteiger charge is 2.38. The Labute approximate surface area is 181 Å². The van der Waals surface area contributed by atoms with Gasteiger partial charge in [0.15, 0.2) is 0 Å². The molecule has 30 heavy (non-hydrogen) atoms. The summed E-state index contributed by atoms with van der Waals surface area (Å²) in [5, 5.41) is 10.2. The maximum atomic E-state index is 12.9. The standard InChI is InChI=1S/C23H27ClFN3O2/c1-2-3-11-28-12-7-21(20(17-26)22(28)29)27-13-8-23(9-14-27,30-15-10-25)18-5-4-6-19(24)16-18/h4-7,12,16H,2-3,8-11,13-15H2,1H3. The lowest BCUT2D eigenvalue weighted by Gasteiger charge is -2.43. The predicted molar refractivity (Wildman–Crippen MR) is 117 cm³/mol. The number of hydrogen-bond acceptors (Lipinski definition) is 4. The molecule has 1 saturated heterocycles. The van der Waals surface area contributed by atoms with E-state index in [9.17, 15) is 14.4 Å². The van der Waals surface area contributed by atoms with Crippen LogP contribution >= 0.6 is 11.6 Å². The van der Waals surface area contributed by atoms with Crippen molar-refractivity contribution in [3.63, 3.8) is 0 Å². The third-order valence-corrected chi connectivity index (χ3v) is 5.96. The molecular weight excluding hydrogens is 405 g/mol. The van der Waals surface area contributed by atoms with Gasteiger partial charge in [-0.05, 0) is 43.0 Å². The van der Waals surface area contributed by atoms with E-state index in [-0.39, 0.29) is 17.7 Å². The van der Waals surface area contributed by atoms with Crippen LogP contribution in [0.3, 0.4) is 0 Å². The second kappa shape index (κ2) is 10.1. The van der Waals surface area contributed by atoms with E-state index in [1.54, 1.807) is 16.8 Å². The number of halogens is 2. The third-order valence-electron chi connectivity index (χ3n) is 5.73. The van der Waals surface area contributed by atoms with Gasteiger partial charge < -0.3 is 14.2 Å². The zero-order valence-corrected chi connectivity index (χ0v) is 18.0. The maximum absolute atomic E-state index is 12.9. The molecule has 0 saturated carbocycles. The van der Waals surface area contributed by atoms with Crippen molar-refractivity contribution in [3.8, 4) is 6.07 Å². The maximum Gasteiger partial charge on any atom is 0.270 e. The van der Waals surface area contributed by atoms with Gasteiger partial charge in [-0.2, -0.15) is 5.26 Å². The number of unbranched alkanes of at least 4 members (excludes halogenated alkanes) is 1. The molecule has 1 fully saturated rings. The average Bonchev–Trinajstić information content (AvgIpc) is 2.77. The molecule has 0 aliphatic carbocycles. The van der Waals surface area contributed by atoms with Gasteiger partial charge in [0.25, 0.3) is 5.56 Å². The van der Waals surface area contributed by atoms with Crippen molar-refractivity contribution in [2.45, 2.75) is 44.8 Å². The largest absolute Gasteiger partial charge is 0.370 e. The number of aryl methyl sites for hydroxylation is 1. The number of alkyl halides is 1. The number of benzene rings is 1. The second-order valence-corrected chi connectivity index (χ2v) is 8.01. The smallest absolute Gasteiger partial charge is 0.270 e. The monoisotopic (exact) mass is 431 g/mol. The number of anilines is 1. The summed E-state index contributed by atoms with van der Waals surface area (Å²) in [5.74, 6) is 0. The van der Waals surface area contributed by atoms with Crippen LogP contribution in [0, 0.1) is 11.3 Å². The lowest BCUT2D eigenvalue weighted by atomic mass is 9.83. The van der Waals surface area contributed by atoms with Crippen molar-refractivity contribution in [2.24, 2.45) is 0 Å². The van der Waals surface area contributed by atoms with Gasteiger partial charge in [-0.25, -0.2) is 4.39 Å². The van der Waals surface area contributed by atoms with Crippen LogP contribution in [-0.4, -0.2) is 30.9 Å². The Balaban J connectivity index is 1.85. The van der Waals surface area contributed by atoms with Crippen molar-refractivity contribution in [1.82, 2.24) is 4.57 Å². The molecule has 7 heteroatoms. The molecule has 5 nitrogen and oxygen atoms in total. The summed E-state index contributed by atoms with van der Waals surface area (Å²) >= 11 is 6.18.